The number of nitrogens with zero attached hydrogens (tertiary/aromatic N) is 1. The number of nitrogens with one attached hydrogen (secondary N) is 1. The Kier molecular flexibility index (Phi) is 6.23. The molecule has 0 aromatic heterocycles. The van der Waals surface area contributed by atoms with Gasteiger partial charge in [-0.05, 0) is 12.8 Å². The number of ether oxygens (including phenoxy) is 1. The molecule has 2 atom stereocenters. The molecule has 8 nitrogen and oxygen atoms in total. The summed E-state index contributed by atoms with van der Waals surface area (Å²) in [4.78, 5) is 35.3. The summed E-state index contributed by atoms with van der Waals surface area (Å²) in [5.41, 5.74) is 4.98. The van der Waals surface area contributed by atoms with Gasteiger partial charge in [0, 0.05) is 19.5 Å². The van der Waals surface area contributed by atoms with E-state index in [0.717, 1.165) is 6.42 Å². The van der Waals surface area contributed by atoms with Crippen LogP contribution in [0.4, 0.5) is 4.79 Å². The highest BCUT2D eigenvalue weighted by molar-refractivity contribution is 5.83. The molecule has 0 bridgehead atoms. The van der Waals surface area contributed by atoms with Gasteiger partial charge in [0.2, 0.25) is 5.91 Å². The van der Waals surface area contributed by atoms with Gasteiger partial charge in [0.05, 0.1) is 12.7 Å². The van der Waals surface area contributed by atoms with Crippen LogP contribution in [-0.4, -0.2) is 59.8 Å². The highest BCUT2D eigenvalue weighted by atomic mass is 16.5. The van der Waals surface area contributed by atoms with Gasteiger partial charge in [0.1, 0.15) is 6.04 Å². The third kappa shape index (κ3) is 5.04. The van der Waals surface area contributed by atoms with E-state index in [-0.39, 0.29) is 18.9 Å². The largest absolute Gasteiger partial charge is 0.480 e. The fraction of sp³-hybridized carbons (Fsp3) is 0.750. The third-order valence-electron chi connectivity index (χ3n) is 3.16. The van der Waals surface area contributed by atoms with Crippen LogP contribution in [0.3, 0.4) is 0 Å². The van der Waals surface area contributed by atoms with Crippen molar-refractivity contribution in [2.24, 2.45) is 5.73 Å². The molecule has 0 aliphatic carbocycles. The van der Waals surface area contributed by atoms with Crippen molar-refractivity contribution in [3.05, 3.63) is 0 Å². The quantitative estimate of drug-likeness (QED) is 0.609. The van der Waals surface area contributed by atoms with Gasteiger partial charge in [0.25, 0.3) is 0 Å². The maximum absolute atomic E-state index is 12.0. The number of aliphatic carboxylic acids is 1. The van der Waals surface area contributed by atoms with Crippen molar-refractivity contribution >= 4 is 17.9 Å². The molecule has 0 aromatic carbocycles. The van der Waals surface area contributed by atoms with Crippen LogP contribution in [0.2, 0.25) is 0 Å². The standard InChI is InChI=1S/C12H21N3O5/c1-2-8-7-15(5-6-20-8)12(19)14-9(11(17)18)3-4-10(13)16/h8-9H,2-7H2,1H3,(H2,13,16)(H,14,19)(H,17,18)/t8?,9-/m1/s1. The molecular formula is C12H21N3O5. The van der Waals surface area contributed by atoms with Crippen molar-refractivity contribution in [3.63, 3.8) is 0 Å². The average Bonchev–Trinajstić information content (AvgIpc) is 2.42. The Morgan fingerprint density at radius 2 is 2.20 bits per heavy atom. The SMILES string of the molecule is CCC1CN(C(=O)N[C@H](CCC(N)=O)C(=O)O)CCO1. The molecule has 3 amide bonds. The van der Waals surface area contributed by atoms with E-state index in [0.29, 0.717) is 19.7 Å². The second kappa shape index (κ2) is 7.68. The van der Waals surface area contributed by atoms with Crippen molar-refractivity contribution in [2.75, 3.05) is 19.7 Å². The van der Waals surface area contributed by atoms with E-state index >= 15 is 0 Å². The number of amides is 3. The topological polar surface area (TPSA) is 122 Å². The molecule has 8 heteroatoms. The van der Waals surface area contributed by atoms with Crippen LogP contribution in [0, 0.1) is 0 Å². The van der Waals surface area contributed by atoms with Gasteiger partial charge in [-0.1, -0.05) is 6.92 Å². The van der Waals surface area contributed by atoms with E-state index in [2.05, 4.69) is 5.32 Å². The van der Waals surface area contributed by atoms with Crippen LogP contribution < -0.4 is 11.1 Å². The van der Waals surface area contributed by atoms with E-state index in [9.17, 15) is 14.4 Å². The fourth-order valence-corrected chi connectivity index (χ4v) is 1.94. The summed E-state index contributed by atoms with van der Waals surface area (Å²) in [5.74, 6) is -1.78. The Hall–Kier alpha value is -1.83. The van der Waals surface area contributed by atoms with E-state index < -0.39 is 23.9 Å². The molecule has 1 heterocycles. The number of primary amides is 1. The minimum atomic E-state index is -1.18. The average molecular weight is 287 g/mol. The van der Waals surface area contributed by atoms with Crippen LogP contribution in [0.1, 0.15) is 26.2 Å². The van der Waals surface area contributed by atoms with Gasteiger partial charge >= 0.3 is 12.0 Å². The predicted octanol–water partition coefficient (Wildman–Crippen LogP) is -0.474. The van der Waals surface area contributed by atoms with Gasteiger partial charge in [-0.3, -0.25) is 4.79 Å². The Bertz CT molecular complexity index is 374. The predicted molar refractivity (Wildman–Crippen MR) is 70.0 cm³/mol. The zero-order chi connectivity index (χ0) is 15.1. The number of carbonyl (C=O) groups excluding carboxylic acids is 2. The maximum atomic E-state index is 12.0. The minimum absolute atomic E-state index is 0.0159. The summed E-state index contributed by atoms with van der Waals surface area (Å²) < 4.78 is 5.44. The van der Waals surface area contributed by atoms with Gasteiger partial charge in [-0.2, -0.15) is 0 Å². The van der Waals surface area contributed by atoms with Crippen LogP contribution >= 0.6 is 0 Å². The molecule has 1 aliphatic heterocycles. The lowest BCUT2D eigenvalue weighted by Crippen LogP contribution is -2.53. The van der Waals surface area contributed by atoms with Crippen molar-refractivity contribution in [1.82, 2.24) is 10.2 Å². The van der Waals surface area contributed by atoms with Crippen LogP contribution in [0.15, 0.2) is 0 Å². The Labute approximate surface area is 117 Å². The molecule has 1 saturated heterocycles. The second-order valence-corrected chi connectivity index (χ2v) is 4.69. The summed E-state index contributed by atoms with van der Waals surface area (Å²) >= 11 is 0. The summed E-state index contributed by atoms with van der Waals surface area (Å²) in [6, 6.07) is -1.57. The summed E-state index contributed by atoms with van der Waals surface area (Å²) in [6.07, 6.45) is 0.660. The monoisotopic (exact) mass is 287 g/mol. The number of hydrogen-bond acceptors (Lipinski definition) is 4. The molecule has 0 aromatic rings. The van der Waals surface area contributed by atoms with Gasteiger partial charge in [-0.25, -0.2) is 9.59 Å². The smallest absolute Gasteiger partial charge is 0.326 e. The van der Waals surface area contributed by atoms with Crippen molar-refractivity contribution in [1.29, 1.82) is 0 Å². The van der Waals surface area contributed by atoms with Crippen molar-refractivity contribution < 1.29 is 24.2 Å². The number of hydrogen-bond donors (Lipinski definition) is 3. The highest BCUT2D eigenvalue weighted by Gasteiger charge is 2.27. The number of carboxylic acid groups (broad SMARTS) is 1. The number of carboxylic acids is 1. The molecular weight excluding hydrogens is 266 g/mol. The first kappa shape index (κ1) is 16.2. The normalized spacial score (nSPS) is 20.2. The Morgan fingerprint density at radius 3 is 2.75 bits per heavy atom. The molecule has 20 heavy (non-hydrogen) atoms. The Morgan fingerprint density at radius 1 is 1.50 bits per heavy atom. The minimum Gasteiger partial charge on any atom is -0.480 e. The first-order valence-electron chi connectivity index (χ1n) is 6.62. The molecule has 0 saturated carbocycles. The van der Waals surface area contributed by atoms with Crippen LogP contribution in [0.5, 0.6) is 0 Å². The van der Waals surface area contributed by atoms with Gasteiger partial charge in [0.15, 0.2) is 0 Å². The molecule has 1 unspecified atom stereocenters. The maximum Gasteiger partial charge on any atom is 0.326 e. The van der Waals surface area contributed by atoms with Crippen molar-refractivity contribution in [2.45, 2.75) is 38.3 Å². The van der Waals surface area contributed by atoms with Gasteiger partial charge in [-0.15, -0.1) is 0 Å². The molecule has 4 N–H and O–H groups in total. The van der Waals surface area contributed by atoms with Crippen molar-refractivity contribution in [3.8, 4) is 0 Å². The Balaban J connectivity index is 2.52. The highest BCUT2D eigenvalue weighted by Crippen LogP contribution is 2.09. The van der Waals surface area contributed by atoms with E-state index in [1.54, 1.807) is 0 Å². The summed E-state index contributed by atoms with van der Waals surface area (Å²) in [6.45, 7) is 3.25. The molecule has 0 spiro atoms. The molecule has 1 rings (SSSR count). The van der Waals surface area contributed by atoms with Gasteiger partial charge < -0.3 is 25.8 Å². The fourth-order valence-electron chi connectivity index (χ4n) is 1.94. The number of carbonyl (C=O) groups is 3. The number of nitrogens with two attached hydrogens (primary N) is 1. The molecule has 114 valence electrons. The van der Waals surface area contributed by atoms with E-state index in [1.165, 1.54) is 4.90 Å². The van der Waals surface area contributed by atoms with E-state index in [4.69, 9.17) is 15.6 Å². The number of rotatable bonds is 6. The third-order valence-corrected chi connectivity index (χ3v) is 3.16. The van der Waals surface area contributed by atoms with E-state index in [1.807, 2.05) is 6.92 Å². The zero-order valence-corrected chi connectivity index (χ0v) is 11.5. The second-order valence-electron chi connectivity index (χ2n) is 4.69. The number of urea groups is 1. The van der Waals surface area contributed by atoms with Crippen LogP contribution in [-0.2, 0) is 14.3 Å². The first-order valence-corrected chi connectivity index (χ1v) is 6.62. The summed E-state index contributed by atoms with van der Waals surface area (Å²) in [5, 5.41) is 11.4. The summed E-state index contributed by atoms with van der Waals surface area (Å²) in [7, 11) is 0. The molecule has 1 aliphatic rings. The number of morpholine rings is 1. The zero-order valence-electron chi connectivity index (χ0n) is 11.5. The lowest BCUT2D eigenvalue weighted by molar-refractivity contribution is -0.139. The molecule has 0 radical (unpaired) electrons. The lowest BCUT2D eigenvalue weighted by atomic mass is 10.1. The molecule has 1 fully saturated rings. The first-order chi connectivity index (χ1) is 9.43. The lowest BCUT2D eigenvalue weighted by Gasteiger charge is -2.33. The van der Waals surface area contributed by atoms with Crippen LogP contribution in [0.25, 0.3) is 0 Å².